The second-order valence-corrected chi connectivity index (χ2v) is 7.88. The van der Waals surface area contributed by atoms with E-state index >= 15 is 0 Å². The van der Waals surface area contributed by atoms with Gasteiger partial charge in [0.2, 0.25) is 5.91 Å². The SMILES string of the molecule is CC(=O)N[C@@H](C)C=Cc1cnc(Oc2ccc(NCC3CC3)c(Cl)c2)s1. The summed E-state index contributed by atoms with van der Waals surface area (Å²) in [5.41, 5.74) is 0.931. The Morgan fingerprint density at radius 3 is 3.00 bits per heavy atom. The van der Waals surface area contributed by atoms with Gasteiger partial charge in [-0.1, -0.05) is 29.0 Å². The number of amides is 1. The maximum atomic E-state index is 11.0. The minimum absolute atomic E-state index is 0.0338. The molecule has 0 unspecified atom stereocenters. The second-order valence-electron chi connectivity index (χ2n) is 6.44. The van der Waals surface area contributed by atoms with Crippen LogP contribution in [0.3, 0.4) is 0 Å². The molecule has 1 atom stereocenters. The summed E-state index contributed by atoms with van der Waals surface area (Å²) in [5, 5.41) is 7.36. The lowest BCUT2D eigenvalue weighted by molar-refractivity contribution is -0.119. The predicted octanol–water partition coefficient (Wildman–Crippen LogP) is 4.95. The predicted molar refractivity (Wildman–Crippen MR) is 107 cm³/mol. The Morgan fingerprint density at radius 2 is 2.31 bits per heavy atom. The number of hydrogen-bond acceptors (Lipinski definition) is 5. The van der Waals surface area contributed by atoms with Crippen molar-refractivity contribution in [3.05, 3.63) is 40.4 Å². The molecule has 1 amide bonds. The zero-order chi connectivity index (χ0) is 18.5. The van der Waals surface area contributed by atoms with Crippen molar-refractivity contribution in [1.29, 1.82) is 0 Å². The number of ether oxygens (including phenoxy) is 1. The average molecular weight is 392 g/mol. The van der Waals surface area contributed by atoms with Crippen molar-refractivity contribution >= 4 is 40.6 Å². The van der Waals surface area contributed by atoms with E-state index < -0.39 is 0 Å². The molecule has 1 aromatic carbocycles. The molecule has 0 bridgehead atoms. The highest BCUT2D eigenvalue weighted by Gasteiger charge is 2.20. The largest absolute Gasteiger partial charge is 0.431 e. The number of rotatable bonds is 8. The third-order valence-electron chi connectivity index (χ3n) is 3.91. The highest BCUT2D eigenvalue weighted by atomic mass is 35.5. The van der Waals surface area contributed by atoms with Crippen molar-refractivity contribution in [1.82, 2.24) is 10.3 Å². The molecule has 5 nitrogen and oxygen atoms in total. The first-order chi connectivity index (χ1) is 12.5. The van der Waals surface area contributed by atoms with Crippen molar-refractivity contribution in [3.8, 4) is 10.9 Å². The summed E-state index contributed by atoms with van der Waals surface area (Å²) in [6, 6.07) is 5.58. The molecule has 2 aromatic rings. The summed E-state index contributed by atoms with van der Waals surface area (Å²) in [7, 11) is 0. The van der Waals surface area contributed by atoms with E-state index in [0.29, 0.717) is 16.0 Å². The van der Waals surface area contributed by atoms with Crippen molar-refractivity contribution in [3.63, 3.8) is 0 Å². The van der Waals surface area contributed by atoms with Crippen LogP contribution in [0.2, 0.25) is 5.02 Å². The molecule has 3 rings (SSSR count). The van der Waals surface area contributed by atoms with Crippen molar-refractivity contribution < 1.29 is 9.53 Å². The summed E-state index contributed by atoms with van der Waals surface area (Å²) >= 11 is 7.76. The van der Waals surface area contributed by atoms with Crippen LogP contribution in [0.4, 0.5) is 5.69 Å². The Labute approximate surface area is 162 Å². The molecule has 138 valence electrons. The number of nitrogens with one attached hydrogen (secondary N) is 2. The summed E-state index contributed by atoms with van der Waals surface area (Å²) in [6.07, 6.45) is 8.18. The van der Waals surface area contributed by atoms with E-state index in [-0.39, 0.29) is 11.9 Å². The van der Waals surface area contributed by atoms with Gasteiger partial charge < -0.3 is 15.4 Å². The molecule has 0 aliphatic heterocycles. The molecule has 0 spiro atoms. The Kier molecular flexibility index (Phi) is 6.16. The van der Waals surface area contributed by atoms with Crippen molar-refractivity contribution in [2.24, 2.45) is 5.92 Å². The summed E-state index contributed by atoms with van der Waals surface area (Å²) in [4.78, 5) is 16.2. The quantitative estimate of drug-likeness (QED) is 0.668. The van der Waals surface area contributed by atoms with Gasteiger partial charge in [-0.2, -0.15) is 0 Å². The molecule has 0 saturated heterocycles. The Bertz CT molecular complexity index is 802. The monoisotopic (exact) mass is 391 g/mol. The van der Waals surface area contributed by atoms with Gasteiger partial charge in [-0.25, -0.2) is 4.98 Å². The molecule has 2 N–H and O–H groups in total. The van der Waals surface area contributed by atoms with Crippen LogP contribution in [0.1, 0.15) is 31.6 Å². The number of anilines is 1. The van der Waals surface area contributed by atoms with Gasteiger partial charge in [0.25, 0.3) is 5.19 Å². The lowest BCUT2D eigenvalue weighted by Gasteiger charge is -2.09. The highest BCUT2D eigenvalue weighted by Crippen LogP contribution is 2.34. The van der Waals surface area contributed by atoms with Crippen LogP contribution in [-0.2, 0) is 4.79 Å². The summed E-state index contributed by atoms with van der Waals surface area (Å²) in [6.45, 7) is 4.39. The number of thiazole rings is 1. The molecule has 0 radical (unpaired) electrons. The van der Waals surface area contributed by atoms with Gasteiger partial charge in [0.1, 0.15) is 5.75 Å². The minimum atomic E-state index is -0.0533. The smallest absolute Gasteiger partial charge is 0.279 e. The molecule has 26 heavy (non-hydrogen) atoms. The molecular formula is C19H22ClN3O2S. The number of nitrogens with zero attached hydrogens (tertiary/aromatic N) is 1. The van der Waals surface area contributed by atoms with E-state index in [1.807, 2.05) is 31.2 Å². The minimum Gasteiger partial charge on any atom is -0.431 e. The maximum absolute atomic E-state index is 11.0. The third-order valence-corrected chi connectivity index (χ3v) is 5.06. The van der Waals surface area contributed by atoms with Crippen LogP contribution in [0, 0.1) is 5.92 Å². The van der Waals surface area contributed by atoms with Crippen LogP contribution < -0.4 is 15.4 Å². The standard InChI is InChI=1S/C19H22ClN3O2S/c1-12(23-13(2)24)3-7-16-11-22-19(26-16)25-15-6-8-18(17(20)9-15)21-10-14-4-5-14/h3,6-9,11-12,14,21H,4-5,10H2,1-2H3,(H,23,24)/t12-/m0/s1. The Morgan fingerprint density at radius 1 is 1.50 bits per heavy atom. The number of halogens is 1. The molecule has 1 fully saturated rings. The number of aromatic nitrogens is 1. The fourth-order valence-corrected chi connectivity index (χ4v) is 3.32. The van der Waals surface area contributed by atoms with Crippen LogP contribution in [0.5, 0.6) is 10.9 Å². The number of hydrogen-bond donors (Lipinski definition) is 2. The zero-order valence-corrected chi connectivity index (χ0v) is 16.4. The van der Waals surface area contributed by atoms with Gasteiger partial charge >= 0.3 is 0 Å². The number of benzene rings is 1. The first kappa shape index (κ1) is 18.7. The van der Waals surface area contributed by atoms with E-state index in [0.717, 1.165) is 23.0 Å². The molecule has 1 saturated carbocycles. The molecule has 1 aliphatic carbocycles. The normalized spacial score (nSPS) is 15.0. The fourth-order valence-electron chi connectivity index (χ4n) is 2.38. The molecule has 7 heteroatoms. The van der Waals surface area contributed by atoms with E-state index in [2.05, 4.69) is 15.6 Å². The first-order valence-electron chi connectivity index (χ1n) is 8.62. The third kappa shape index (κ3) is 5.75. The van der Waals surface area contributed by atoms with Gasteiger partial charge in [0, 0.05) is 31.8 Å². The zero-order valence-electron chi connectivity index (χ0n) is 14.8. The maximum Gasteiger partial charge on any atom is 0.279 e. The van der Waals surface area contributed by atoms with Gasteiger partial charge in [0.05, 0.1) is 15.6 Å². The van der Waals surface area contributed by atoms with Gasteiger partial charge in [-0.15, -0.1) is 0 Å². The Hall–Kier alpha value is -2.05. The van der Waals surface area contributed by atoms with E-state index in [1.54, 1.807) is 12.3 Å². The van der Waals surface area contributed by atoms with Gasteiger partial charge in [0.15, 0.2) is 0 Å². The Balaban J connectivity index is 1.57. The summed E-state index contributed by atoms with van der Waals surface area (Å²) < 4.78 is 5.80. The average Bonchev–Trinajstić information content (AvgIpc) is 3.30. The van der Waals surface area contributed by atoms with Crippen LogP contribution in [0.15, 0.2) is 30.5 Å². The summed E-state index contributed by atoms with van der Waals surface area (Å²) in [5.74, 6) is 1.39. The van der Waals surface area contributed by atoms with E-state index in [1.165, 1.54) is 31.1 Å². The molecular weight excluding hydrogens is 370 g/mol. The van der Waals surface area contributed by atoms with Gasteiger partial charge in [-0.05, 0) is 43.9 Å². The lowest BCUT2D eigenvalue weighted by atomic mass is 10.3. The van der Waals surface area contributed by atoms with E-state index in [9.17, 15) is 4.79 Å². The van der Waals surface area contributed by atoms with Crippen molar-refractivity contribution in [2.75, 3.05) is 11.9 Å². The van der Waals surface area contributed by atoms with Crippen LogP contribution >= 0.6 is 22.9 Å². The molecule has 1 aliphatic rings. The van der Waals surface area contributed by atoms with Crippen LogP contribution in [-0.4, -0.2) is 23.5 Å². The topological polar surface area (TPSA) is 63.2 Å². The first-order valence-corrected chi connectivity index (χ1v) is 9.81. The highest BCUT2D eigenvalue weighted by molar-refractivity contribution is 7.14. The van der Waals surface area contributed by atoms with E-state index in [4.69, 9.17) is 16.3 Å². The molecule has 1 aromatic heterocycles. The number of carbonyl (C=O) groups excluding carboxylic acids is 1. The second kappa shape index (κ2) is 8.56. The fraction of sp³-hybridized carbons (Fsp3) is 0.368. The van der Waals surface area contributed by atoms with Crippen LogP contribution in [0.25, 0.3) is 6.08 Å². The van der Waals surface area contributed by atoms with Crippen molar-refractivity contribution in [2.45, 2.75) is 32.7 Å². The number of carbonyl (C=O) groups is 1. The molecule has 1 heterocycles. The lowest BCUT2D eigenvalue weighted by Crippen LogP contribution is -2.28. The van der Waals surface area contributed by atoms with Gasteiger partial charge in [-0.3, -0.25) is 4.79 Å².